The van der Waals surface area contributed by atoms with Gasteiger partial charge in [0.25, 0.3) is 0 Å². The van der Waals surface area contributed by atoms with E-state index in [0.29, 0.717) is 21.2 Å². The second-order valence-corrected chi connectivity index (χ2v) is 5.32. The molecule has 2 aromatic carbocycles. The van der Waals surface area contributed by atoms with E-state index >= 15 is 0 Å². The molecule has 0 aliphatic heterocycles. The molecule has 0 spiro atoms. The summed E-state index contributed by atoms with van der Waals surface area (Å²) in [5.74, 6) is -0.566. The molecule has 100 valence electrons. The van der Waals surface area contributed by atoms with E-state index in [-0.39, 0.29) is 11.4 Å². The van der Waals surface area contributed by atoms with Crippen LogP contribution in [0.1, 0.15) is 17.2 Å². The molecule has 2 aromatic rings. The normalized spacial score (nSPS) is 12.5. The van der Waals surface area contributed by atoms with Crippen LogP contribution in [0.4, 0.5) is 4.39 Å². The largest absolute Gasteiger partial charge is 0.388 e. The van der Waals surface area contributed by atoms with Crippen molar-refractivity contribution in [2.24, 2.45) is 0 Å². The van der Waals surface area contributed by atoms with E-state index in [1.165, 1.54) is 12.1 Å². The molecular formula is C14H10Cl3FO. The van der Waals surface area contributed by atoms with Gasteiger partial charge in [-0.2, -0.15) is 0 Å². The van der Waals surface area contributed by atoms with E-state index in [2.05, 4.69) is 0 Å². The summed E-state index contributed by atoms with van der Waals surface area (Å²) < 4.78 is 13.3. The molecule has 0 saturated heterocycles. The van der Waals surface area contributed by atoms with E-state index in [4.69, 9.17) is 34.8 Å². The maximum absolute atomic E-state index is 13.3. The van der Waals surface area contributed by atoms with Gasteiger partial charge in [0.05, 0.1) is 11.1 Å². The zero-order valence-corrected chi connectivity index (χ0v) is 12.0. The SMILES string of the molecule is OC(Cc1c(Cl)cccc1Cl)c1ccc(Cl)c(F)c1. The molecule has 0 amide bonds. The minimum absolute atomic E-state index is 0.0201. The number of aliphatic hydroxyl groups is 1. The fourth-order valence-electron chi connectivity index (χ4n) is 1.76. The maximum Gasteiger partial charge on any atom is 0.142 e. The third-order valence-corrected chi connectivity index (χ3v) is 3.80. The second kappa shape index (κ2) is 6.10. The van der Waals surface area contributed by atoms with Gasteiger partial charge in [-0.1, -0.05) is 46.9 Å². The fraction of sp³-hybridized carbons (Fsp3) is 0.143. The maximum atomic E-state index is 13.3. The smallest absolute Gasteiger partial charge is 0.142 e. The van der Waals surface area contributed by atoms with Crippen molar-refractivity contribution in [3.05, 3.63) is 68.4 Å². The minimum Gasteiger partial charge on any atom is -0.388 e. The average molecular weight is 320 g/mol. The quantitative estimate of drug-likeness (QED) is 0.838. The van der Waals surface area contributed by atoms with Gasteiger partial charge < -0.3 is 5.11 Å². The lowest BCUT2D eigenvalue weighted by atomic mass is 10.0. The number of hydrogen-bond donors (Lipinski definition) is 1. The van der Waals surface area contributed by atoms with Crippen LogP contribution in [0.25, 0.3) is 0 Å². The first-order chi connectivity index (χ1) is 8.99. The molecule has 0 bridgehead atoms. The third-order valence-electron chi connectivity index (χ3n) is 2.79. The van der Waals surface area contributed by atoms with Crippen molar-refractivity contribution >= 4 is 34.8 Å². The summed E-state index contributed by atoms with van der Waals surface area (Å²) in [4.78, 5) is 0. The molecule has 5 heteroatoms. The Morgan fingerprint density at radius 2 is 1.63 bits per heavy atom. The van der Waals surface area contributed by atoms with E-state index < -0.39 is 11.9 Å². The highest BCUT2D eigenvalue weighted by Gasteiger charge is 2.15. The Hall–Kier alpha value is -0.800. The van der Waals surface area contributed by atoms with Crippen LogP contribution < -0.4 is 0 Å². The van der Waals surface area contributed by atoms with Gasteiger partial charge >= 0.3 is 0 Å². The summed E-state index contributed by atoms with van der Waals surface area (Å²) >= 11 is 17.7. The van der Waals surface area contributed by atoms with Crippen molar-refractivity contribution in [3.63, 3.8) is 0 Å². The lowest BCUT2D eigenvalue weighted by molar-refractivity contribution is 0.178. The molecule has 1 N–H and O–H groups in total. The molecule has 0 aliphatic rings. The zero-order valence-electron chi connectivity index (χ0n) is 9.71. The van der Waals surface area contributed by atoms with E-state index in [1.807, 2.05) is 0 Å². The molecule has 0 radical (unpaired) electrons. The van der Waals surface area contributed by atoms with Gasteiger partial charge in [-0.05, 0) is 35.4 Å². The molecule has 1 unspecified atom stereocenters. The van der Waals surface area contributed by atoms with Gasteiger partial charge in [0.2, 0.25) is 0 Å². The molecule has 0 fully saturated rings. The zero-order chi connectivity index (χ0) is 14.0. The highest BCUT2D eigenvalue weighted by molar-refractivity contribution is 6.36. The van der Waals surface area contributed by atoms with Crippen molar-refractivity contribution in [1.82, 2.24) is 0 Å². The Morgan fingerprint density at radius 1 is 1.00 bits per heavy atom. The monoisotopic (exact) mass is 318 g/mol. The Morgan fingerprint density at radius 3 is 2.21 bits per heavy atom. The van der Waals surface area contributed by atoms with E-state index in [1.54, 1.807) is 24.3 Å². The third kappa shape index (κ3) is 3.40. The molecule has 1 atom stereocenters. The highest BCUT2D eigenvalue weighted by atomic mass is 35.5. The van der Waals surface area contributed by atoms with E-state index in [0.717, 1.165) is 0 Å². The summed E-state index contributed by atoms with van der Waals surface area (Å²) in [7, 11) is 0. The van der Waals surface area contributed by atoms with Crippen LogP contribution >= 0.6 is 34.8 Å². The predicted molar refractivity (Wildman–Crippen MR) is 76.5 cm³/mol. The summed E-state index contributed by atoms with van der Waals surface area (Å²) in [6.07, 6.45) is -0.691. The number of benzene rings is 2. The number of rotatable bonds is 3. The van der Waals surface area contributed by atoms with Crippen LogP contribution in [0.2, 0.25) is 15.1 Å². The minimum atomic E-state index is -0.899. The summed E-state index contributed by atoms with van der Waals surface area (Å²) in [6, 6.07) is 9.29. The van der Waals surface area contributed by atoms with Gasteiger partial charge in [-0.3, -0.25) is 0 Å². The molecule has 2 rings (SSSR count). The molecule has 0 aliphatic carbocycles. The molecule has 1 nitrogen and oxygen atoms in total. The average Bonchev–Trinajstić information content (AvgIpc) is 2.37. The Bertz CT molecular complexity index is 581. The Labute approximate surface area is 125 Å². The summed E-state index contributed by atoms with van der Waals surface area (Å²) in [5, 5.41) is 11.1. The highest BCUT2D eigenvalue weighted by Crippen LogP contribution is 2.30. The molecule has 0 aromatic heterocycles. The van der Waals surface area contributed by atoms with Crippen molar-refractivity contribution in [3.8, 4) is 0 Å². The van der Waals surface area contributed by atoms with Crippen LogP contribution in [-0.4, -0.2) is 5.11 Å². The van der Waals surface area contributed by atoms with Crippen molar-refractivity contribution in [1.29, 1.82) is 0 Å². The van der Waals surface area contributed by atoms with Crippen molar-refractivity contribution in [2.45, 2.75) is 12.5 Å². The number of aliphatic hydroxyl groups excluding tert-OH is 1. The van der Waals surface area contributed by atoms with Gasteiger partial charge in [-0.25, -0.2) is 4.39 Å². The summed E-state index contributed by atoms with van der Waals surface area (Å²) in [6.45, 7) is 0. The number of halogens is 4. The first-order valence-corrected chi connectivity index (χ1v) is 6.68. The molecule has 19 heavy (non-hydrogen) atoms. The van der Waals surface area contributed by atoms with Crippen LogP contribution in [0.15, 0.2) is 36.4 Å². The van der Waals surface area contributed by atoms with Crippen molar-refractivity contribution < 1.29 is 9.50 Å². The first-order valence-electron chi connectivity index (χ1n) is 5.55. The van der Waals surface area contributed by atoms with Crippen molar-refractivity contribution in [2.75, 3.05) is 0 Å². The van der Waals surface area contributed by atoms with Crippen LogP contribution in [0.3, 0.4) is 0 Å². The molecule has 0 heterocycles. The van der Waals surface area contributed by atoms with Gasteiger partial charge in [0.1, 0.15) is 5.82 Å². The summed E-state index contributed by atoms with van der Waals surface area (Å²) in [5.41, 5.74) is 1.06. The lowest BCUT2D eigenvalue weighted by Gasteiger charge is -2.14. The van der Waals surface area contributed by atoms with Gasteiger partial charge in [0.15, 0.2) is 0 Å². The molecular weight excluding hydrogens is 310 g/mol. The van der Waals surface area contributed by atoms with Crippen LogP contribution in [0.5, 0.6) is 0 Å². The predicted octanol–water partition coefficient (Wildman–Crippen LogP) is 5.06. The van der Waals surface area contributed by atoms with Gasteiger partial charge in [0, 0.05) is 16.5 Å². The van der Waals surface area contributed by atoms with E-state index in [9.17, 15) is 9.50 Å². The number of hydrogen-bond acceptors (Lipinski definition) is 1. The second-order valence-electron chi connectivity index (χ2n) is 4.09. The standard InChI is InChI=1S/C14H10Cl3FO/c15-10-2-1-3-11(16)9(10)7-14(19)8-4-5-12(17)13(18)6-8/h1-6,14,19H,7H2. The van der Waals surface area contributed by atoms with Crippen LogP contribution in [0, 0.1) is 5.82 Å². The van der Waals surface area contributed by atoms with Gasteiger partial charge in [-0.15, -0.1) is 0 Å². The Balaban J connectivity index is 2.25. The lowest BCUT2D eigenvalue weighted by Crippen LogP contribution is -2.03. The fourth-order valence-corrected chi connectivity index (χ4v) is 2.43. The first kappa shape index (κ1) is 14.6. The van der Waals surface area contributed by atoms with Crippen LogP contribution in [-0.2, 0) is 6.42 Å². The Kier molecular flexibility index (Phi) is 4.69. The molecule has 0 saturated carbocycles. The topological polar surface area (TPSA) is 20.2 Å².